The highest BCUT2D eigenvalue weighted by atomic mass is 16.2. The quantitative estimate of drug-likeness (QED) is 0.703. The number of nitrogens with one attached hydrogen (secondary N) is 3. The third-order valence-electron chi connectivity index (χ3n) is 3.06. The van der Waals surface area contributed by atoms with Gasteiger partial charge in [-0.05, 0) is 38.5 Å². The molecule has 0 radical (unpaired) electrons. The molecule has 0 aliphatic heterocycles. The molecule has 0 spiro atoms. The Morgan fingerprint density at radius 1 is 1.17 bits per heavy atom. The Bertz CT molecular complexity index is 687. The molecule has 7 nitrogen and oxygen atoms in total. The fourth-order valence-corrected chi connectivity index (χ4v) is 2.00. The Hall–Kier alpha value is -2.70. The van der Waals surface area contributed by atoms with Gasteiger partial charge in [-0.15, -0.1) is 0 Å². The Kier molecular flexibility index (Phi) is 5.85. The highest BCUT2D eigenvalue weighted by Crippen LogP contribution is 2.10. The highest BCUT2D eigenvalue weighted by molar-refractivity contribution is 5.96. The minimum atomic E-state index is -0.197. The van der Waals surface area contributed by atoms with Crippen molar-refractivity contribution in [1.82, 2.24) is 25.9 Å². The van der Waals surface area contributed by atoms with E-state index in [0.29, 0.717) is 30.7 Å². The second-order valence-electron chi connectivity index (χ2n) is 5.44. The van der Waals surface area contributed by atoms with Crippen molar-refractivity contribution in [2.75, 3.05) is 13.1 Å². The van der Waals surface area contributed by atoms with Crippen molar-refractivity contribution in [1.29, 1.82) is 0 Å². The Labute approximate surface area is 134 Å². The molecule has 0 fully saturated rings. The van der Waals surface area contributed by atoms with Crippen molar-refractivity contribution in [2.45, 2.75) is 26.3 Å². The SMILES string of the molecule is CC(C)NC(=O)NCCCNC(=O)c1cnc2ncccc2c1. The van der Waals surface area contributed by atoms with Crippen LogP contribution in [0.5, 0.6) is 0 Å². The van der Waals surface area contributed by atoms with Gasteiger partial charge in [-0.1, -0.05) is 0 Å². The monoisotopic (exact) mass is 315 g/mol. The summed E-state index contributed by atoms with van der Waals surface area (Å²) < 4.78 is 0. The zero-order chi connectivity index (χ0) is 16.7. The number of carbonyl (C=O) groups excluding carboxylic acids is 2. The van der Waals surface area contributed by atoms with Crippen molar-refractivity contribution in [3.8, 4) is 0 Å². The average molecular weight is 315 g/mol. The summed E-state index contributed by atoms with van der Waals surface area (Å²) in [5, 5.41) is 9.10. The molecule has 2 aromatic rings. The summed E-state index contributed by atoms with van der Waals surface area (Å²) in [7, 11) is 0. The third-order valence-corrected chi connectivity index (χ3v) is 3.06. The number of rotatable bonds is 6. The maximum absolute atomic E-state index is 12.1. The van der Waals surface area contributed by atoms with Crippen LogP contribution in [0.25, 0.3) is 11.0 Å². The van der Waals surface area contributed by atoms with E-state index < -0.39 is 0 Å². The van der Waals surface area contributed by atoms with Gasteiger partial charge in [0.1, 0.15) is 0 Å². The predicted octanol–water partition coefficient (Wildman–Crippen LogP) is 1.46. The third kappa shape index (κ3) is 5.21. The van der Waals surface area contributed by atoms with Crippen LogP contribution in [0.15, 0.2) is 30.6 Å². The Balaban J connectivity index is 1.75. The van der Waals surface area contributed by atoms with Crippen LogP contribution in [0.4, 0.5) is 4.79 Å². The van der Waals surface area contributed by atoms with Gasteiger partial charge in [-0.25, -0.2) is 14.8 Å². The zero-order valence-electron chi connectivity index (χ0n) is 13.3. The summed E-state index contributed by atoms with van der Waals surface area (Å²) in [6.45, 7) is 4.77. The van der Waals surface area contributed by atoms with Gasteiger partial charge in [0.25, 0.3) is 5.91 Å². The molecular formula is C16H21N5O2. The molecule has 7 heteroatoms. The first-order valence-electron chi connectivity index (χ1n) is 7.59. The molecule has 2 heterocycles. The number of amides is 3. The van der Waals surface area contributed by atoms with Crippen LogP contribution in [0, 0.1) is 0 Å². The fourth-order valence-electron chi connectivity index (χ4n) is 2.00. The molecule has 0 saturated carbocycles. The lowest BCUT2D eigenvalue weighted by atomic mass is 10.2. The van der Waals surface area contributed by atoms with Gasteiger partial charge in [0.05, 0.1) is 5.56 Å². The van der Waals surface area contributed by atoms with Gasteiger partial charge in [-0.3, -0.25) is 4.79 Å². The normalized spacial score (nSPS) is 10.6. The molecule has 0 unspecified atom stereocenters. The smallest absolute Gasteiger partial charge is 0.314 e. The number of pyridine rings is 2. The molecule has 2 aromatic heterocycles. The zero-order valence-corrected chi connectivity index (χ0v) is 13.3. The van der Waals surface area contributed by atoms with E-state index in [-0.39, 0.29) is 18.0 Å². The molecule has 23 heavy (non-hydrogen) atoms. The number of urea groups is 1. The molecule has 2 rings (SSSR count). The van der Waals surface area contributed by atoms with Gasteiger partial charge in [0.15, 0.2) is 5.65 Å². The van der Waals surface area contributed by atoms with E-state index in [4.69, 9.17) is 0 Å². The van der Waals surface area contributed by atoms with Crippen molar-refractivity contribution < 1.29 is 9.59 Å². The van der Waals surface area contributed by atoms with Crippen LogP contribution in [0.3, 0.4) is 0 Å². The van der Waals surface area contributed by atoms with E-state index >= 15 is 0 Å². The van der Waals surface area contributed by atoms with Crippen molar-refractivity contribution >= 4 is 23.0 Å². The van der Waals surface area contributed by atoms with E-state index in [1.807, 2.05) is 19.9 Å². The first kappa shape index (κ1) is 16.7. The van der Waals surface area contributed by atoms with Gasteiger partial charge in [0.2, 0.25) is 0 Å². The number of fused-ring (bicyclic) bond motifs is 1. The van der Waals surface area contributed by atoms with E-state index in [1.54, 1.807) is 18.3 Å². The fraction of sp³-hybridized carbons (Fsp3) is 0.375. The van der Waals surface area contributed by atoms with Crippen molar-refractivity contribution in [3.63, 3.8) is 0 Å². The van der Waals surface area contributed by atoms with E-state index in [2.05, 4.69) is 25.9 Å². The van der Waals surface area contributed by atoms with Gasteiger partial charge in [0, 0.05) is 36.9 Å². The molecule has 0 bridgehead atoms. The van der Waals surface area contributed by atoms with Crippen LogP contribution >= 0.6 is 0 Å². The van der Waals surface area contributed by atoms with Crippen LogP contribution < -0.4 is 16.0 Å². The summed E-state index contributed by atoms with van der Waals surface area (Å²) >= 11 is 0. The van der Waals surface area contributed by atoms with Gasteiger partial charge in [-0.2, -0.15) is 0 Å². The van der Waals surface area contributed by atoms with Crippen LogP contribution in [0.2, 0.25) is 0 Å². The van der Waals surface area contributed by atoms with Gasteiger partial charge >= 0.3 is 6.03 Å². The second kappa shape index (κ2) is 8.07. The number of nitrogens with zero attached hydrogens (tertiary/aromatic N) is 2. The van der Waals surface area contributed by atoms with Crippen LogP contribution in [0.1, 0.15) is 30.6 Å². The first-order valence-corrected chi connectivity index (χ1v) is 7.59. The molecule has 0 aliphatic rings. The molecule has 0 aromatic carbocycles. The Morgan fingerprint density at radius 3 is 2.74 bits per heavy atom. The summed E-state index contributed by atoms with van der Waals surface area (Å²) in [6.07, 6.45) is 3.83. The van der Waals surface area contributed by atoms with Crippen LogP contribution in [-0.4, -0.2) is 41.0 Å². The van der Waals surface area contributed by atoms with Crippen LogP contribution in [-0.2, 0) is 0 Å². The van der Waals surface area contributed by atoms with E-state index in [9.17, 15) is 9.59 Å². The molecular weight excluding hydrogens is 294 g/mol. The van der Waals surface area contributed by atoms with Crippen molar-refractivity contribution in [3.05, 3.63) is 36.2 Å². The standard InChI is InChI=1S/C16H21N5O2/c1-11(2)21-16(23)19-8-4-7-18-15(22)13-9-12-5-3-6-17-14(12)20-10-13/h3,5-6,9-11H,4,7-8H2,1-2H3,(H,18,22)(H2,19,21,23). The molecule has 0 saturated heterocycles. The minimum Gasteiger partial charge on any atom is -0.352 e. The summed E-state index contributed by atoms with van der Waals surface area (Å²) in [5.41, 5.74) is 1.11. The lowest BCUT2D eigenvalue weighted by Gasteiger charge is -2.10. The number of hydrogen-bond donors (Lipinski definition) is 3. The molecule has 3 N–H and O–H groups in total. The molecule has 0 atom stereocenters. The highest BCUT2D eigenvalue weighted by Gasteiger charge is 2.07. The van der Waals surface area contributed by atoms with Crippen molar-refractivity contribution in [2.24, 2.45) is 0 Å². The summed E-state index contributed by atoms with van der Waals surface area (Å²) in [4.78, 5) is 31.7. The summed E-state index contributed by atoms with van der Waals surface area (Å²) in [5.74, 6) is -0.185. The first-order chi connectivity index (χ1) is 11.1. The largest absolute Gasteiger partial charge is 0.352 e. The topological polar surface area (TPSA) is 96.0 Å². The number of hydrogen-bond acceptors (Lipinski definition) is 4. The van der Waals surface area contributed by atoms with E-state index in [1.165, 1.54) is 6.20 Å². The molecule has 122 valence electrons. The maximum atomic E-state index is 12.1. The molecule has 3 amide bonds. The minimum absolute atomic E-state index is 0.101. The Morgan fingerprint density at radius 2 is 1.96 bits per heavy atom. The second-order valence-corrected chi connectivity index (χ2v) is 5.44. The number of carbonyl (C=O) groups is 2. The molecule has 0 aliphatic carbocycles. The average Bonchev–Trinajstić information content (AvgIpc) is 2.53. The van der Waals surface area contributed by atoms with Gasteiger partial charge < -0.3 is 16.0 Å². The van der Waals surface area contributed by atoms with E-state index in [0.717, 1.165) is 5.39 Å². The lowest BCUT2D eigenvalue weighted by Crippen LogP contribution is -2.40. The number of aromatic nitrogens is 2. The maximum Gasteiger partial charge on any atom is 0.314 e. The lowest BCUT2D eigenvalue weighted by molar-refractivity contribution is 0.0953. The predicted molar refractivity (Wildman–Crippen MR) is 88.2 cm³/mol. The summed E-state index contributed by atoms with van der Waals surface area (Å²) in [6, 6.07) is 5.34.